The zero-order valence-electron chi connectivity index (χ0n) is 12.0. The number of benzene rings is 1. The maximum absolute atomic E-state index is 12.7. The van der Waals surface area contributed by atoms with Crippen molar-refractivity contribution < 1.29 is 9.90 Å². The molecule has 0 bridgehead atoms. The van der Waals surface area contributed by atoms with Crippen LogP contribution in [0.3, 0.4) is 0 Å². The number of carbonyl (C=O) groups excluding carboxylic acids is 1. The molecule has 1 saturated carbocycles. The molecule has 2 fully saturated rings. The minimum atomic E-state index is -0.158. The molecule has 4 atom stereocenters. The van der Waals surface area contributed by atoms with E-state index >= 15 is 0 Å². The Morgan fingerprint density at radius 1 is 1.30 bits per heavy atom. The van der Waals surface area contributed by atoms with Crippen LogP contribution in [0.5, 0.6) is 0 Å². The van der Waals surface area contributed by atoms with Crippen molar-refractivity contribution in [1.82, 2.24) is 4.90 Å². The van der Waals surface area contributed by atoms with Crippen molar-refractivity contribution >= 4 is 5.78 Å². The highest BCUT2D eigenvalue weighted by molar-refractivity contribution is 6.00. The number of carbonyl (C=O) groups is 1. The second-order valence-corrected chi connectivity index (χ2v) is 6.18. The van der Waals surface area contributed by atoms with Crippen molar-refractivity contribution in [2.75, 3.05) is 13.1 Å². The molecule has 1 aromatic rings. The number of nitrogens with zero attached hydrogens (tertiary/aromatic N) is 1. The van der Waals surface area contributed by atoms with Gasteiger partial charge in [0.25, 0.3) is 0 Å². The molecule has 0 amide bonds. The average Bonchev–Trinajstić information content (AvgIpc) is 3.03. The predicted octanol–water partition coefficient (Wildman–Crippen LogP) is 2.35. The van der Waals surface area contributed by atoms with E-state index in [1.165, 1.54) is 0 Å². The van der Waals surface area contributed by atoms with Gasteiger partial charge in [-0.2, -0.15) is 0 Å². The van der Waals surface area contributed by atoms with E-state index in [-0.39, 0.29) is 17.9 Å². The first kappa shape index (κ1) is 13.8. The molecule has 1 saturated heterocycles. The first-order chi connectivity index (χ1) is 9.70. The van der Waals surface area contributed by atoms with Crippen LogP contribution in [-0.2, 0) is 0 Å². The van der Waals surface area contributed by atoms with Crippen LogP contribution in [0.2, 0.25) is 0 Å². The van der Waals surface area contributed by atoms with Crippen LogP contribution < -0.4 is 0 Å². The fourth-order valence-electron chi connectivity index (χ4n) is 3.93. The summed E-state index contributed by atoms with van der Waals surface area (Å²) < 4.78 is 0. The molecule has 3 heteroatoms. The smallest absolute Gasteiger partial charge is 0.179 e. The summed E-state index contributed by atoms with van der Waals surface area (Å²) in [6.07, 6.45) is 2.73. The quantitative estimate of drug-likeness (QED) is 0.856. The molecule has 108 valence electrons. The Bertz CT molecular complexity index is 473. The highest BCUT2D eigenvalue weighted by Gasteiger charge is 2.44. The Morgan fingerprint density at radius 2 is 2.05 bits per heavy atom. The van der Waals surface area contributed by atoms with Gasteiger partial charge in [-0.15, -0.1) is 0 Å². The maximum atomic E-state index is 12.7. The highest BCUT2D eigenvalue weighted by atomic mass is 16.3. The molecular weight excluding hydrogens is 250 g/mol. The van der Waals surface area contributed by atoms with Crippen LogP contribution in [-0.4, -0.2) is 41.0 Å². The summed E-state index contributed by atoms with van der Waals surface area (Å²) in [7, 11) is 0. The molecule has 1 aromatic carbocycles. The van der Waals surface area contributed by atoms with Crippen LogP contribution in [0.4, 0.5) is 0 Å². The second-order valence-electron chi connectivity index (χ2n) is 6.18. The zero-order chi connectivity index (χ0) is 14.1. The number of ketones is 1. The molecule has 3 rings (SSSR count). The topological polar surface area (TPSA) is 40.5 Å². The molecule has 20 heavy (non-hydrogen) atoms. The van der Waals surface area contributed by atoms with E-state index < -0.39 is 0 Å². The standard InChI is InChI=1S/C17H23NO2/c1-2-15(17(20)12-6-4-3-5-7-12)18-10-13-8-9-16(19)14(13)11-18/h3-7,13-16,19H,2,8-11H2,1H3. The summed E-state index contributed by atoms with van der Waals surface area (Å²) in [5, 5.41) is 10.0. The first-order valence-electron chi connectivity index (χ1n) is 7.72. The van der Waals surface area contributed by atoms with Crippen LogP contribution >= 0.6 is 0 Å². The van der Waals surface area contributed by atoms with Gasteiger partial charge in [0.2, 0.25) is 0 Å². The summed E-state index contributed by atoms with van der Waals surface area (Å²) >= 11 is 0. The van der Waals surface area contributed by atoms with E-state index in [1.54, 1.807) is 0 Å². The fourth-order valence-corrected chi connectivity index (χ4v) is 3.93. The first-order valence-corrected chi connectivity index (χ1v) is 7.72. The minimum absolute atomic E-state index is 0.0322. The molecule has 0 aromatic heterocycles. The number of aliphatic hydroxyl groups excluding tert-OH is 1. The Hall–Kier alpha value is -1.19. The van der Waals surface area contributed by atoms with Crippen LogP contribution in [0.1, 0.15) is 36.5 Å². The number of hydrogen-bond acceptors (Lipinski definition) is 3. The summed E-state index contributed by atoms with van der Waals surface area (Å²) in [5.74, 6) is 1.19. The van der Waals surface area contributed by atoms with Gasteiger partial charge in [0.15, 0.2) is 5.78 Å². The lowest BCUT2D eigenvalue weighted by atomic mass is 9.99. The fraction of sp³-hybridized carbons (Fsp3) is 0.588. The van der Waals surface area contributed by atoms with Crippen LogP contribution in [0.25, 0.3) is 0 Å². The van der Waals surface area contributed by atoms with Crippen molar-refractivity contribution in [1.29, 1.82) is 0 Å². The molecule has 1 N–H and O–H groups in total. The predicted molar refractivity (Wildman–Crippen MR) is 78.6 cm³/mol. The molecule has 1 heterocycles. The van der Waals surface area contributed by atoms with E-state index in [0.717, 1.165) is 37.9 Å². The van der Waals surface area contributed by atoms with E-state index in [0.29, 0.717) is 11.8 Å². The maximum Gasteiger partial charge on any atom is 0.179 e. The van der Waals surface area contributed by atoms with Gasteiger partial charge in [-0.25, -0.2) is 0 Å². The summed E-state index contributed by atoms with van der Waals surface area (Å²) in [5.41, 5.74) is 0.803. The molecule has 3 nitrogen and oxygen atoms in total. The molecular formula is C17H23NO2. The van der Waals surface area contributed by atoms with Gasteiger partial charge in [-0.3, -0.25) is 9.69 Å². The zero-order valence-corrected chi connectivity index (χ0v) is 12.0. The molecule has 4 unspecified atom stereocenters. The number of Topliss-reactive ketones (excluding diaryl/α,β-unsaturated/α-hetero) is 1. The molecule has 1 aliphatic carbocycles. The van der Waals surface area contributed by atoms with E-state index in [4.69, 9.17) is 0 Å². The van der Waals surface area contributed by atoms with Crippen LogP contribution in [0, 0.1) is 11.8 Å². The summed E-state index contributed by atoms with van der Waals surface area (Å²) in [6.45, 7) is 3.93. The molecule has 0 spiro atoms. The van der Waals surface area contributed by atoms with Crippen molar-refractivity contribution in [2.24, 2.45) is 11.8 Å². The highest BCUT2D eigenvalue weighted by Crippen LogP contribution is 2.39. The largest absolute Gasteiger partial charge is 0.393 e. The molecule has 1 aliphatic heterocycles. The van der Waals surface area contributed by atoms with Gasteiger partial charge < -0.3 is 5.11 Å². The summed E-state index contributed by atoms with van der Waals surface area (Å²) in [6, 6.07) is 9.54. The van der Waals surface area contributed by atoms with Gasteiger partial charge in [-0.05, 0) is 25.2 Å². The Labute approximate surface area is 120 Å². The Morgan fingerprint density at radius 3 is 2.70 bits per heavy atom. The van der Waals surface area contributed by atoms with Gasteiger partial charge in [0.1, 0.15) is 0 Å². The van der Waals surface area contributed by atoms with Crippen molar-refractivity contribution in [3.63, 3.8) is 0 Å². The lowest BCUT2D eigenvalue weighted by Crippen LogP contribution is -2.40. The van der Waals surface area contributed by atoms with Crippen molar-refractivity contribution in [2.45, 2.75) is 38.3 Å². The monoisotopic (exact) mass is 273 g/mol. The Balaban J connectivity index is 1.73. The van der Waals surface area contributed by atoms with E-state index in [9.17, 15) is 9.90 Å². The summed E-state index contributed by atoms with van der Waals surface area (Å²) in [4.78, 5) is 15.0. The lowest BCUT2D eigenvalue weighted by molar-refractivity contribution is 0.0799. The normalized spacial score (nSPS) is 31.2. The van der Waals surface area contributed by atoms with E-state index in [1.807, 2.05) is 30.3 Å². The third-order valence-electron chi connectivity index (χ3n) is 5.04. The van der Waals surface area contributed by atoms with E-state index in [2.05, 4.69) is 11.8 Å². The van der Waals surface area contributed by atoms with Gasteiger partial charge in [0, 0.05) is 24.6 Å². The average molecular weight is 273 g/mol. The van der Waals surface area contributed by atoms with Crippen molar-refractivity contribution in [3.8, 4) is 0 Å². The number of fused-ring (bicyclic) bond motifs is 1. The number of rotatable bonds is 4. The third kappa shape index (κ3) is 2.40. The minimum Gasteiger partial charge on any atom is -0.393 e. The SMILES string of the molecule is CCC(C(=O)c1ccccc1)N1CC2CCC(O)C2C1. The number of aliphatic hydroxyl groups is 1. The third-order valence-corrected chi connectivity index (χ3v) is 5.04. The molecule has 0 radical (unpaired) electrons. The van der Waals surface area contributed by atoms with Gasteiger partial charge >= 0.3 is 0 Å². The number of likely N-dealkylation sites (tertiary alicyclic amines) is 1. The second kappa shape index (κ2) is 5.66. The van der Waals surface area contributed by atoms with Crippen LogP contribution in [0.15, 0.2) is 30.3 Å². The number of hydrogen-bond donors (Lipinski definition) is 1. The van der Waals surface area contributed by atoms with Gasteiger partial charge in [-0.1, -0.05) is 37.3 Å². The lowest BCUT2D eigenvalue weighted by Gasteiger charge is -2.26. The Kier molecular flexibility index (Phi) is 3.90. The van der Waals surface area contributed by atoms with Crippen molar-refractivity contribution in [3.05, 3.63) is 35.9 Å². The molecule has 2 aliphatic rings. The van der Waals surface area contributed by atoms with Gasteiger partial charge in [0.05, 0.1) is 12.1 Å².